The molecule has 1 atom stereocenters. The molecule has 1 saturated heterocycles. The summed E-state index contributed by atoms with van der Waals surface area (Å²) in [5.41, 5.74) is 0.760. The molecule has 3 aromatic rings. The monoisotopic (exact) mass is 400 g/mol. The molecule has 1 aliphatic rings. The zero-order valence-corrected chi connectivity index (χ0v) is 16.3. The molecule has 4 rings (SSSR count). The van der Waals surface area contributed by atoms with Gasteiger partial charge >= 0.3 is 0 Å². The minimum Gasteiger partial charge on any atom is -0.325 e. The molecular formula is C20H20N2O3S2. The number of hydrogen-bond donors (Lipinski definition) is 1. The number of carbonyl (C=O) groups excluding carboxylic acids is 1. The first-order valence-corrected chi connectivity index (χ1v) is 11.2. The molecule has 7 heteroatoms. The third-order valence-electron chi connectivity index (χ3n) is 4.89. The zero-order valence-electron chi connectivity index (χ0n) is 14.7. The lowest BCUT2D eigenvalue weighted by Crippen LogP contribution is -2.43. The van der Waals surface area contributed by atoms with Gasteiger partial charge in [0.15, 0.2) is 0 Å². The highest BCUT2D eigenvalue weighted by molar-refractivity contribution is 7.91. The van der Waals surface area contributed by atoms with Gasteiger partial charge in [-0.1, -0.05) is 42.5 Å². The molecule has 0 unspecified atom stereocenters. The van der Waals surface area contributed by atoms with Crippen LogP contribution in [0.15, 0.2) is 64.2 Å². The van der Waals surface area contributed by atoms with E-state index in [-0.39, 0.29) is 18.4 Å². The van der Waals surface area contributed by atoms with E-state index in [1.807, 2.05) is 42.5 Å². The Morgan fingerprint density at radius 3 is 2.70 bits per heavy atom. The summed E-state index contributed by atoms with van der Waals surface area (Å²) < 4.78 is 27.3. The quantitative estimate of drug-likeness (QED) is 0.721. The number of thiophene rings is 1. The number of benzene rings is 2. The number of piperidine rings is 1. The van der Waals surface area contributed by atoms with E-state index in [1.165, 1.54) is 15.6 Å². The minimum atomic E-state index is -3.52. The van der Waals surface area contributed by atoms with Crippen LogP contribution in [0.1, 0.15) is 12.8 Å². The summed E-state index contributed by atoms with van der Waals surface area (Å²) in [4.78, 5) is 12.8. The Hall–Kier alpha value is -2.22. The molecule has 0 saturated carbocycles. The van der Waals surface area contributed by atoms with Crippen LogP contribution < -0.4 is 5.32 Å². The van der Waals surface area contributed by atoms with Gasteiger partial charge in [0, 0.05) is 24.2 Å². The second kappa shape index (κ2) is 7.42. The highest BCUT2D eigenvalue weighted by atomic mass is 32.2. The van der Waals surface area contributed by atoms with E-state index in [2.05, 4.69) is 5.32 Å². The fourth-order valence-electron chi connectivity index (χ4n) is 3.48. The van der Waals surface area contributed by atoms with Crippen molar-refractivity contribution in [1.82, 2.24) is 4.31 Å². The molecule has 27 heavy (non-hydrogen) atoms. The average molecular weight is 401 g/mol. The van der Waals surface area contributed by atoms with Crippen LogP contribution in [0.5, 0.6) is 0 Å². The van der Waals surface area contributed by atoms with Crippen molar-refractivity contribution in [3.8, 4) is 0 Å². The van der Waals surface area contributed by atoms with Gasteiger partial charge < -0.3 is 5.32 Å². The fourth-order valence-corrected chi connectivity index (χ4v) is 6.15. The highest BCUT2D eigenvalue weighted by Gasteiger charge is 2.33. The summed E-state index contributed by atoms with van der Waals surface area (Å²) in [6.45, 7) is 0.676. The van der Waals surface area contributed by atoms with Crippen LogP contribution in [0.2, 0.25) is 0 Å². The lowest BCUT2D eigenvalue weighted by atomic mass is 9.98. The van der Waals surface area contributed by atoms with Gasteiger partial charge in [-0.25, -0.2) is 8.42 Å². The van der Waals surface area contributed by atoms with Crippen molar-refractivity contribution in [1.29, 1.82) is 0 Å². The number of fused-ring (bicyclic) bond motifs is 1. The normalized spacial score (nSPS) is 18.4. The van der Waals surface area contributed by atoms with Crippen molar-refractivity contribution in [3.05, 3.63) is 60.0 Å². The standard InChI is InChI=1S/C20H20N2O3S2/c23-20(21-18-10-3-7-15-6-1-2-9-17(15)18)16-8-4-12-22(14-16)27(24,25)19-11-5-13-26-19/h1-3,5-7,9-11,13,16H,4,8,12,14H2,(H,21,23)/t16-/m1/s1. The number of nitrogens with one attached hydrogen (secondary N) is 1. The van der Waals surface area contributed by atoms with E-state index in [4.69, 9.17) is 0 Å². The summed E-state index contributed by atoms with van der Waals surface area (Å²) >= 11 is 1.21. The fraction of sp³-hybridized carbons (Fsp3) is 0.250. The Morgan fingerprint density at radius 2 is 1.89 bits per heavy atom. The van der Waals surface area contributed by atoms with E-state index in [0.29, 0.717) is 23.6 Å². The Labute approximate surface area is 162 Å². The predicted molar refractivity (Wildman–Crippen MR) is 108 cm³/mol. The van der Waals surface area contributed by atoms with Gasteiger partial charge in [0.2, 0.25) is 5.91 Å². The van der Waals surface area contributed by atoms with Crippen LogP contribution >= 0.6 is 11.3 Å². The molecule has 1 aromatic heterocycles. The van der Waals surface area contributed by atoms with Gasteiger partial charge in [-0.3, -0.25) is 4.79 Å². The van der Waals surface area contributed by atoms with Crippen molar-refractivity contribution in [2.75, 3.05) is 18.4 Å². The number of anilines is 1. The summed E-state index contributed by atoms with van der Waals surface area (Å²) in [6, 6.07) is 17.0. The minimum absolute atomic E-state index is 0.127. The molecule has 0 bridgehead atoms. The molecule has 1 N–H and O–H groups in total. The van der Waals surface area contributed by atoms with Crippen LogP contribution in [0.4, 0.5) is 5.69 Å². The summed E-state index contributed by atoms with van der Waals surface area (Å²) in [5.74, 6) is -0.482. The molecule has 0 spiro atoms. The third-order valence-corrected chi connectivity index (χ3v) is 8.13. The molecule has 2 aromatic carbocycles. The van der Waals surface area contributed by atoms with E-state index in [1.54, 1.807) is 17.5 Å². The summed E-state index contributed by atoms with van der Waals surface area (Å²) in [5, 5.41) is 6.79. The topological polar surface area (TPSA) is 66.5 Å². The summed E-state index contributed by atoms with van der Waals surface area (Å²) in [7, 11) is -3.52. The SMILES string of the molecule is O=C(Nc1cccc2ccccc12)[C@@H]1CCCN(S(=O)(=O)c2cccs2)C1. The van der Waals surface area contributed by atoms with Gasteiger partial charge in [-0.2, -0.15) is 4.31 Å². The molecular weight excluding hydrogens is 380 g/mol. The summed E-state index contributed by atoms with van der Waals surface area (Å²) in [6.07, 6.45) is 1.37. The number of carbonyl (C=O) groups is 1. The Kier molecular flexibility index (Phi) is 4.99. The van der Waals surface area contributed by atoms with Crippen LogP contribution in [0.3, 0.4) is 0 Å². The molecule has 1 fully saturated rings. The van der Waals surface area contributed by atoms with Crippen molar-refractivity contribution < 1.29 is 13.2 Å². The molecule has 140 valence electrons. The first-order valence-electron chi connectivity index (χ1n) is 8.88. The van der Waals surface area contributed by atoms with Gasteiger partial charge in [0.1, 0.15) is 4.21 Å². The second-order valence-corrected chi connectivity index (χ2v) is 9.76. The lowest BCUT2D eigenvalue weighted by molar-refractivity contribution is -0.120. The predicted octanol–water partition coefficient (Wildman–Crippen LogP) is 3.94. The van der Waals surface area contributed by atoms with Crippen LogP contribution in [0.25, 0.3) is 10.8 Å². The lowest BCUT2D eigenvalue weighted by Gasteiger charge is -2.30. The van der Waals surface area contributed by atoms with Crippen molar-refractivity contribution in [2.45, 2.75) is 17.1 Å². The number of amides is 1. The molecule has 1 amide bonds. The largest absolute Gasteiger partial charge is 0.325 e. The van der Waals surface area contributed by atoms with Crippen molar-refractivity contribution in [2.24, 2.45) is 5.92 Å². The number of sulfonamides is 1. The smallest absolute Gasteiger partial charge is 0.252 e. The van der Waals surface area contributed by atoms with Crippen LogP contribution in [-0.2, 0) is 14.8 Å². The maximum absolute atomic E-state index is 12.8. The first-order chi connectivity index (χ1) is 13.1. The number of rotatable bonds is 4. The number of nitrogens with zero attached hydrogens (tertiary/aromatic N) is 1. The van der Waals surface area contributed by atoms with Crippen LogP contribution in [-0.4, -0.2) is 31.7 Å². The number of hydrogen-bond acceptors (Lipinski definition) is 4. The van der Waals surface area contributed by atoms with E-state index >= 15 is 0 Å². The first kappa shape index (κ1) is 18.2. The Balaban J connectivity index is 1.52. The second-order valence-electron chi connectivity index (χ2n) is 6.65. The molecule has 0 radical (unpaired) electrons. The maximum Gasteiger partial charge on any atom is 0.252 e. The van der Waals surface area contributed by atoms with Gasteiger partial charge in [-0.15, -0.1) is 11.3 Å². The van der Waals surface area contributed by atoms with Crippen molar-refractivity contribution in [3.63, 3.8) is 0 Å². The van der Waals surface area contributed by atoms with Gasteiger partial charge in [-0.05, 0) is 35.7 Å². The van der Waals surface area contributed by atoms with E-state index in [9.17, 15) is 13.2 Å². The van der Waals surface area contributed by atoms with Gasteiger partial charge in [0.05, 0.1) is 5.92 Å². The molecule has 0 aliphatic carbocycles. The Bertz CT molecular complexity index is 1060. The highest BCUT2D eigenvalue weighted by Crippen LogP contribution is 2.28. The van der Waals surface area contributed by atoms with E-state index < -0.39 is 10.0 Å². The molecule has 1 aliphatic heterocycles. The van der Waals surface area contributed by atoms with E-state index in [0.717, 1.165) is 16.5 Å². The molecule has 2 heterocycles. The Morgan fingerprint density at radius 1 is 1.07 bits per heavy atom. The average Bonchev–Trinajstić information content (AvgIpc) is 3.24. The third kappa shape index (κ3) is 3.63. The molecule has 5 nitrogen and oxygen atoms in total. The zero-order chi connectivity index (χ0) is 18.9. The van der Waals surface area contributed by atoms with Crippen LogP contribution in [0, 0.1) is 5.92 Å². The van der Waals surface area contributed by atoms with Gasteiger partial charge in [0.25, 0.3) is 10.0 Å². The van der Waals surface area contributed by atoms with Crippen molar-refractivity contribution >= 4 is 43.7 Å². The maximum atomic E-state index is 12.8.